The van der Waals surface area contributed by atoms with Crippen molar-refractivity contribution >= 4 is 33.6 Å². The smallest absolute Gasteiger partial charge is 0.266 e. The summed E-state index contributed by atoms with van der Waals surface area (Å²) in [5, 5.41) is 12.1. The Morgan fingerprint density at radius 1 is 1.22 bits per heavy atom. The number of halogens is 1. The van der Waals surface area contributed by atoms with Crippen LogP contribution in [0.3, 0.4) is 0 Å². The third-order valence-corrected chi connectivity index (χ3v) is 3.93. The number of carbonyl (C=O) groups excluding carboxylic acids is 1. The van der Waals surface area contributed by atoms with E-state index >= 15 is 0 Å². The topological polar surface area (TPSA) is 71.3 Å². The summed E-state index contributed by atoms with van der Waals surface area (Å²) in [6, 6.07) is 14.3. The molecule has 5 nitrogen and oxygen atoms in total. The zero-order valence-corrected chi connectivity index (χ0v) is 16.5. The summed E-state index contributed by atoms with van der Waals surface area (Å²) in [6.07, 6.45) is 3.15. The molecule has 0 aliphatic carbocycles. The Hall–Kier alpha value is -3.04. The minimum absolute atomic E-state index is 0.0138. The molecule has 0 bridgehead atoms. The van der Waals surface area contributed by atoms with Gasteiger partial charge in [-0.15, -0.1) is 0 Å². The number of benzene rings is 2. The van der Waals surface area contributed by atoms with Crippen molar-refractivity contribution in [1.82, 2.24) is 0 Å². The third-order valence-electron chi connectivity index (χ3n) is 3.40. The molecule has 0 saturated heterocycles. The molecular weight excluding hydrogens is 408 g/mol. The van der Waals surface area contributed by atoms with E-state index in [0.29, 0.717) is 36.0 Å². The minimum atomic E-state index is -0.482. The summed E-state index contributed by atoms with van der Waals surface area (Å²) in [5.74, 6) is 0.634. The number of hydrogen-bond acceptors (Lipinski definition) is 4. The first kappa shape index (κ1) is 20.3. The molecule has 0 spiro atoms. The lowest BCUT2D eigenvalue weighted by atomic mass is 10.1. The van der Waals surface area contributed by atoms with Crippen molar-refractivity contribution in [3.63, 3.8) is 0 Å². The number of carbonyl (C=O) groups is 1. The number of anilines is 1. The van der Waals surface area contributed by atoms with Crippen molar-refractivity contribution in [3.05, 3.63) is 70.7 Å². The number of nitrogens with zero attached hydrogens (tertiary/aromatic N) is 1. The van der Waals surface area contributed by atoms with Gasteiger partial charge in [0.15, 0.2) is 11.5 Å². The highest BCUT2D eigenvalue weighted by molar-refractivity contribution is 9.10. The Morgan fingerprint density at radius 2 is 1.96 bits per heavy atom. The summed E-state index contributed by atoms with van der Waals surface area (Å²) in [6.45, 7) is 6.31. The number of nitrogens with one attached hydrogen (secondary N) is 1. The van der Waals surface area contributed by atoms with E-state index in [1.165, 1.54) is 6.08 Å². The van der Waals surface area contributed by atoms with Gasteiger partial charge < -0.3 is 14.8 Å². The van der Waals surface area contributed by atoms with Crippen molar-refractivity contribution in [2.75, 3.05) is 18.5 Å². The lowest BCUT2D eigenvalue weighted by molar-refractivity contribution is -0.112. The number of nitriles is 1. The van der Waals surface area contributed by atoms with Crippen molar-refractivity contribution in [3.8, 4) is 17.6 Å². The molecule has 27 heavy (non-hydrogen) atoms. The van der Waals surface area contributed by atoms with Gasteiger partial charge in [0.25, 0.3) is 5.91 Å². The molecule has 138 valence electrons. The van der Waals surface area contributed by atoms with Crippen molar-refractivity contribution in [2.45, 2.75) is 6.92 Å². The molecule has 0 aliphatic heterocycles. The van der Waals surface area contributed by atoms with E-state index in [4.69, 9.17) is 9.47 Å². The van der Waals surface area contributed by atoms with Gasteiger partial charge in [0.05, 0.1) is 6.61 Å². The molecular formula is C21H19BrN2O3. The average molecular weight is 427 g/mol. The van der Waals surface area contributed by atoms with E-state index in [0.717, 1.165) is 4.47 Å². The fourth-order valence-corrected chi connectivity index (χ4v) is 2.46. The second-order valence-electron chi connectivity index (χ2n) is 5.37. The quantitative estimate of drug-likeness (QED) is 0.367. The second kappa shape index (κ2) is 10.2. The monoisotopic (exact) mass is 426 g/mol. The molecule has 0 heterocycles. The summed E-state index contributed by atoms with van der Waals surface area (Å²) in [7, 11) is 0. The van der Waals surface area contributed by atoms with Crippen LogP contribution in [0.1, 0.15) is 12.5 Å². The maximum atomic E-state index is 12.4. The first-order valence-electron chi connectivity index (χ1n) is 8.26. The predicted octanol–water partition coefficient (Wildman–Crippen LogP) is 4.96. The van der Waals surface area contributed by atoms with Crippen LogP contribution >= 0.6 is 15.9 Å². The van der Waals surface area contributed by atoms with Crippen molar-refractivity contribution in [1.29, 1.82) is 5.26 Å². The lowest BCUT2D eigenvalue weighted by Gasteiger charge is -2.11. The normalized spacial score (nSPS) is 10.6. The fourth-order valence-electron chi connectivity index (χ4n) is 2.20. The van der Waals surface area contributed by atoms with Crippen molar-refractivity contribution in [2.24, 2.45) is 0 Å². The van der Waals surface area contributed by atoms with Crippen LogP contribution in [0.15, 0.2) is 65.2 Å². The zero-order chi connectivity index (χ0) is 19.6. The Morgan fingerprint density at radius 3 is 2.59 bits per heavy atom. The van der Waals surface area contributed by atoms with Crippen LogP contribution in [-0.2, 0) is 4.79 Å². The molecule has 0 unspecified atom stereocenters. The van der Waals surface area contributed by atoms with Crippen LogP contribution in [-0.4, -0.2) is 19.1 Å². The van der Waals surface area contributed by atoms with Gasteiger partial charge in [-0.1, -0.05) is 34.7 Å². The number of amides is 1. The van der Waals surface area contributed by atoms with Gasteiger partial charge in [0.1, 0.15) is 18.2 Å². The fraction of sp³-hybridized carbons (Fsp3) is 0.143. The third kappa shape index (κ3) is 6.01. The standard InChI is InChI=1S/C21H19BrN2O3/c1-3-11-27-19-10-5-15(13-20(19)26-4-2)12-16(14-23)21(25)24-18-8-6-17(22)7-9-18/h3,5-10,12-13H,1,4,11H2,2H3,(H,24,25)/b16-12-. The van der Waals surface area contributed by atoms with Gasteiger partial charge in [-0.3, -0.25) is 4.79 Å². The van der Waals surface area contributed by atoms with Crippen LogP contribution < -0.4 is 14.8 Å². The van der Waals surface area contributed by atoms with Crippen LogP contribution in [0.25, 0.3) is 6.08 Å². The lowest BCUT2D eigenvalue weighted by Crippen LogP contribution is -2.13. The van der Waals surface area contributed by atoms with Gasteiger partial charge >= 0.3 is 0 Å². The molecule has 0 saturated carbocycles. The maximum absolute atomic E-state index is 12.4. The van der Waals surface area contributed by atoms with E-state index in [9.17, 15) is 10.1 Å². The second-order valence-corrected chi connectivity index (χ2v) is 6.29. The van der Waals surface area contributed by atoms with Crippen LogP contribution in [0, 0.1) is 11.3 Å². The SMILES string of the molecule is C=CCOc1ccc(/C=C(/C#N)C(=O)Nc2ccc(Br)cc2)cc1OCC. The Bertz CT molecular complexity index is 883. The largest absolute Gasteiger partial charge is 0.490 e. The zero-order valence-electron chi connectivity index (χ0n) is 14.9. The molecule has 2 aromatic carbocycles. The van der Waals surface area contributed by atoms with Crippen LogP contribution in [0.2, 0.25) is 0 Å². The number of ether oxygens (including phenoxy) is 2. The predicted molar refractivity (Wildman–Crippen MR) is 110 cm³/mol. The Balaban J connectivity index is 2.23. The summed E-state index contributed by atoms with van der Waals surface area (Å²) in [5.41, 5.74) is 1.25. The van der Waals surface area contributed by atoms with E-state index in [2.05, 4.69) is 27.8 Å². The Labute approximate surface area is 167 Å². The van der Waals surface area contributed by atoms with Gasteiger partial charge in [0, 0.05) is 10.2 Å². The average Bonchev–Trinajstić information content (AvgIpc) is 2.67. The molecule has 1 N–H and O–H groups in total. The first-order chi connectivity index (χ1) is 13.1. The van der Waals surface area contributed by atoms with Crippen LogP contribution in [0.4, 0.5) is 5.69 Å². The highest BCUT2D eigenvalue weighted by Crippen LogP contribution is 2.29. The van der Waals surface area contributed by atoms with E-state index in [1.807, 2.05) is 25.1 Å². The Kier molecular flexibility index (Phi) is 7.65. The first-order valence-corrected chi connectivity index (χ1v) is 9.06. The van der Waals surface area contributed by atoms with E-state index in [1.54, 1.807) is 36.4 Å². The van der Waals surface area contributed by atoms with E-state index in [-0.39, 0.29) is 5.57 Å². The number of rotatable bonds is 8. The van der Waals surface area contributed by atoms with Gasteiger partial charge in [-0.2, -0.15) is 5.26 Å². The van der Waals surface area contributed by atoms with Crippen LogP contribution in [0.5, 0.6) is 11.5 Å². The highest BCUT2D eigenvalue weighted by Gasteiger charge is 2.11. The summed E-state index contributed by atoms with van der Waals surface area (Å²) >= 11 is 3.34. The molecule has 0 aliphatic rings. The minimum Gasteiger partial charge on any atom is -0.490 e. The van der Waals surface area contributed by atoms with Gasteiger partial charge in [-0.25, -0.2) is 0 Å². The molecule has 6 heteroatoms. The molecule has 0 fully saturated rings. The molecule has 2 aromatic rings. The van der Waals surface area contributed by atoms with Gasteiger partial charge in [0.2, 0.25) is 0 Å². The molecule has 2 rings (SSSR count). The number of hydrogen-bond donors (Lipinski definition) is 1. The molecule has 0 aromatic heterocycles. The highest BCUT2D eigenvalue weighted by atomic mass is 79.9. The van der Waals surface area contributed by atoms with Crippen molar-refractivity contribution < 1.29 is 14.3 Å². The molecule has 0 radical (unpaired) electrons. The maximum Gasteiger partial charge on any atom is 0.266 e. The summed E-state index contributed by atoms with van der Waals surface area (Å²) in [4.78, 5) is 12.4. The van der Waals surface area contributed by atoms with E-state index < -0.39 is 5.91 Å². The summed E-state index contributed by atoms with van der Waals surface area (Å²) < 4.78 is 12.0. The van der Waals surface area contributed by atoms with Gasteiger partial charge in [-0.05, 0) is 55.0 Å². The molecule has 1 amide bonds. The molecule has 0 atom stereocenters.